The van der Waals surface area contributed by atoms with Gasteiger partial charge in [0.15, 0.2) is 0 Å². The van der Waals surface area contributed by atoms with Gasteiger partial charge in [-0.05, 0) is 36.8 Å². The van der Waals surface area contributed by atoms with E-state index in [9.17, 15) is 4.79 Å². The molecule has 0 spiro atoms. The van der Waals surface area contributed by atoms with Crippen molar-refractivity contribution in [2.24, 2.45) is 0 Å². The Morgan fingerprint density at radius 3 is 2.85 bits per heavy atom. The zero-order valence-electron chi connectivity index (χ0n) is 14.9. The second-order valence-electron chi connectivity index (χ2n) is 5.89. The molecule has 2 aromatic heterocycles. The van der Waals surface area contributed by atoms with Crippen LogP contribution >= 0.6 is 11.8 Å². The summed E-state index contributed by atoms with van der Waals surface area (Å²) in [5.74, 6) is 2.06. The van der Waals surface area contributed by atoms with Crippen molar-refractivity contribution in [3.8, 4) is 17.2 Å². The van der Waals surface area contributed by atoms with Crippen molar-refractivity contribution in [2.45, 2.75) is 19.1 Å². The molecule has 0 aliphatic heterocycles. The fourth-order valence-corrected chi connectivity index (χ4v) is 3.22. The summed E-state index contributed by atoms with van der Waals surface area (Å²) in [5.41, 5.74) is 2.80. The van der Waals surface area contributed by atoms with Crippen LogP contribution in [0.25, 0.3) is 11.5 Å². The van der Waals surface area contributed by atoms with Gasteiger partial charge >= 0.3 is 5.97 Å². The number of carboxylic acids is 1. The topological polar surface area (TPSA) is 85.5 Å². The highest BCUT2D eigenvalue weighted by atomic mass is 32.2. The molecule has 140 valence electrons. The monoisotopic (exact) mass is 384 g/mol. The van der Waals surface area contributed by atoms with Gasteiger partial charge in [0.1, 0.15) is 11.5 Å². The van der Waals surface area contributed by atoms with Crippen LogP contribution in [0.2, 0.25) is 0 Å². The van der Waals surface area contributed by atoms with Crippen LogP contribution in [0.5, 0.6) is 5.75 Å². The number of benzene rings is 1. The maximum Gasteiger partial charge on any atom is 0.313 e. The summed E-state index contributed by atoms with van der Waals surface area (Å²) < 4.78 is 11.6. The summed E-state index contributed by atoms with van der Waals surface area (Å²) in [6.45, 7) is 2.38. The van der Waals surface area contributed by atoms with Crippen molar-refractivity contribution >= 4 is 17.7 Å². The first-order valence-electron chi connectivity index (χ1n) is 8.50. The van der Waals surface area contributed by atoms with Gasteiger partial charge in [0.25, 0.3) is 0 Å². The third-order valence-electron chi connectivity index (χ3n) is 3.82. The molecule has 27 heavy (non-hydrogen) atoms. The van der Waals surface area contributed by atoms with Crippen LogP contribution in [0.15, 0.2) is 53.2 Å². The van der Waals surface area contributed by atoms with Crippen molar-refractivity contribution in [1.82, 2.24) is 9.97 Å². The number of aryl methyl sites for hydroxylation is 1. The molecule has 0 radical (unpaired) electrons. The number of hydrogen-bond acceptors (Lipinski definition) is 6. The van der Waals surface area contributed by atoms with Gasteiger partial charge in [0.05, 0.1) is 18.1 Å². The van der Waals surface area contributed by atoms with E-state index in [1.54, 1.807) is 12.4 Å². The minimum Gasteiger partial charge on any atom is -0.493 e. The fraction of sp³-hybridized carbons (Fsp3) is 0.250. The Balaban J connectivity index is 1.54. The molecule has 7 heteroatoms. The first-order valence-corrected chi connectivity index (χ1v) is 9.65. The van der Waals surface area contributed by atoms with Gasteiger partial charge in [-0.1, -0.05) is 12.1 Å². The molecule has 3 aromatic rings. The van der Waals surface area contributed by atoms with Crippen LogP contribution < -0.4 is 4.74 Å². The van der Waals surface area contributed by atoms with Crippen molar-refractivity contribution in [3.05, 3.63) is 65.8 Å². The molecule has 0 aliphatic rings. The first kappa shape index (κ1) is 19.0. The maximum atomic E-state index is 10.6. The van der Waals surface area contributed by atoms with Gasteiger partial charge in [0, 0.05) is 30.1 Å². The van der Waals surface area contributed by atoms with E-state index < -0.39 is 5.97 Å². The second-order valence-corrected chi connectivity index (χ2v) is 6.88. The average Bonchev–Trinajstić information content (AvgIpc) is 3.03. The number of oxazole rings is 1. The lowest BCUT2D eigenvalue weighted by Gasteiger charge is -2.07. The number of pyridine rings is 1. The minimum atomic E-state index is -0.804. The van der Waals surface area contributed by atoms with Crippen molar-refractivity contribution in [3.63, 3.8) is 0 Å². The Labute approximate surface area is 161 Å². The SMILES string of the molecule is Cc1oc(-c2ccncc2)nc1CCOc1cccc(CSCC(=O)O)c1. The normalized spacial score (nSPS) is 10.7. The maximum absolute atomic E-state index is 10.6. The molecule has 1 N–H and O–H groups in total. The minimum absolute atomic E-state index is 0.0936. The Kier molecular flexibility index (Phi) is 6.49. The molecule has 0 saturated carbocycles. The van der Waals surface area contributed by atoms with Crippen molar-refractivity contribution in [2.75, 3.05) is 12.4 Å². The highest BCUT2D eigenvalue weighted by Gasteiger charge is 2.11. The van der Waals surface area contributed by atoms with E-state index in [-0.39, 0.29) is 5.75 Å². The van der Waals surface area contributed by atoms with E-state index in [4.69, 9.17) is 14.3 Å². The van der Waals surface area contributed by atoms with Gasteiger partial charge in [-0.2, -0.15) is 0 Å². The van der Waals surface area contributed by atoms with Crippen LogP contribution in [0.4, 0.5) is 0 Å². The molecular formula is C20H20N2O4S. The predicted octanol–water partition coefficient (Wildman–Crippen LogP) is 3.98. The molecule has 1 aromatic carbocycles. The highest BCUT2D eigenvalue weighted by Crippen LogP contribution is 2.22. The van der Waals surface area contributed by atoms with Gasteiger partial charge in [-0.25, -0.2) is 4.98 Å². The molecule has 0 amide bonds. The number of aromatic nitrogens is 2. The molecule has 0 aliphatic carbocycles. The quantitative estimate of drug-likeness (QED) is 0.597. The molecule has 0 atom stereocenters. The summed E-state index contributed by atoms with van der Waals surface area (Å²) in [5, 5.41) is 8.71. The first-order chi connectivity index (χ1) is 13.1. The van der Waals surface area contributed by atoms with Crippen LogP contribution in [0, 0.1) is 6.92 Å². The van der Waals surface area contributed by atoms with Crippen LogP contribution in [0.1, 0.15) is 17.0 Å². The van der Waals surface area contributed by atoms with Gasteiger partial charge in [-0.3, -0.25) is 9.78 Å². The lowest BCUT2D eigenvalue weighted by Crippen LogP contribution is -2.03. The van der Waals surface area contributed by atoms with E-state index in [1.807, 2.05) is 43.3 Å². The lowest BCUT2D eigenvalue weighted by molar-refractivity contribution is -0.133. The number of carboxylic acid groups (broad SMARTS) is 1. The van der Waals surface area contributed by atoms with E-state index in [0.29, 0.717) is 24.7 Å². The molecule has 6 nitrogen and oxygen atoms in total. The smallest absolute Gasteiger partial charge is 0.313 e. The number of thioether (sulfide) groups is 1. The molecule has 3 rings (SSSR count). The molecule has 0 saturated heterocycles. The predicted molar refractivity (Wildman–Crippen MR) is 104 cm³/mol. The van der Waals surface area contributed by atoms with Crippen LogP contribution in [-0.2, 0) is 17.0 Å². The summed E-state index contributed by atoms with van der Waals surface area (Å²) in [6.07, 6.45) is 4.05. The molecule has 0 unspecified atom stereocenters. The number of ether oxygens (including phenoxy) is 1. The number of rotatable bonds is 9. The Morgan fingerprint density at radius 1 is 1.26 bits per heavy atom. The summed E-state index contributed by atoms with van der Waals surface area (Å²) in [7, 11) is 0. The Hall–Kier alpha value is -2.80. The second kappa shape index (κ2) is 9.23. The highest BCUT2D eigenvalue weighted by molar-refractivity contribution is 7.99. The Morgan fingerprint density at radius 2 is 2.07 bits per heavy atom. The summed E-state index contributed by atoms with van der Waals surface area (Å²) >= 11 is 1.36. The average molecular weight is 384 g/mol. The number of nitrogens with zero attached hydrogens (tertiary/aromatic N) is 2. The van der Waals surface area contributed by atoms with Gasteiger partial charge in [0.2, 0.25) is 5.89 Å². The van der Waals surface area contributed by atoms with Crippen molar-refractivity contribution < 1.29 is 19.1 Å². The standard InChI is InChI=1S/C20H20N2O4S/c1-14-18(22-20(26-14)16-5-8-21-9-6-16)7-10-25-17-4-2-3-15(11-17)12-27-13-19(23)24/h2-6,8-9,11H,7,10,12-13H2,1H3,(H,23,24). The lowest BCUT2D eigenvalue weighted by atomic mass is 10.2. The molecule has 2 heterocycles. The van der Waals surface area contributed by atoms with E-state index >= 15 is 0 Å². The zero-order valence-corrected chi connectivity index (χ0v) is 15.7. The van der Waals surface area contributed by atoms with Crippen LogP contribution in [0.3, 0.4) is 0 Å². The summed E-state index contributed by atoms with van der Waals surface area (Å²) in [6, 6.07) is 11.4. The number of hydrogen-bond donors (Lipinski definition) is 1. The number of carbonyl (C=O) groups is 1. The summed E-state index contributed by atoms with van der Waals surface area (Å²) in [4.78, 5) is 19.1. The van der Waals surface area contributed by atoms with E-state index in [2.05, 4.69) is 9.97 Å². The van der Waals surface area contributed by atoms with Gasteiger partial charge in [-0.15, -0.1) is 11.8 Å². The Bertz CT molecular complexity index is 896. The molecule has 0 fully saturated rings. The zero-order chi connectivity index (χ0) is 19.1. The van der Waals surface area contributed by atoms with Crippen LogP contribution in [-0.4, -0.2) is 33.4 Å². The van der Waals surface area contributed by atoms with Crippen molar-refractivity contribution in [1.29, 1.82) is 0 Å². The fourth-order valence-electron chi connectivity index (χ4n) is 2.52. The van der Waals surface area contributed by atoms with Gasteiger partial charge < -0.3 is 14.3 Å². The third-order valence-corrected chi connectivity index (χ3v) is 4.81. The molecule has 0 bridgehead atoms. The number of aliphatic carboxylic acids is 1. The third kappa shape index (κ3) is 5.59. The largest absolute Gasteiger partial charge is 0.493 e. The molecular weight excluding hydrogens is 364 g/mol. The van der Waals surface area contributed by atoms with E-state index in [1.165, 1.54) is 11.8 Å². The van der Waals surface area contributed by atoms with E-state index in [0.717, 1.165) is 28.3 Å².